The highest BCUT2D eigenvalue weighted by molar-refractivity contribution is 5.93. The number of carbonyl (C=O) groups excluding carboxylic acids is 2. The molecule has 5 heteroatoms. The van der Waals surface area contributed by atoms with Gasteiger partial charge in [0.1, 0.15) is 0 Å². The maximum atomic E-state index is 12.1. The molecule has 0 spiro atoms. The molecule has 0 saturated heterocycles. The van der Waals surface area contributed by atoms with Gasteiger partial charge >= 0.3 is 0 Å². The lowest BCUT2D eigenvalue weighted by molar-refractivity contribution is -0.126. The summed E-state index contributed by atoms with van der Waals surface area (Å²) in [7, 11) is 3.02. The second-order valence-electron chi connectivity index (χ2n) is 5.73. The average Bonchev–Trinajstić information content (AvgIpc) is 2.59. The van der Waals surface area contributed by atoms with Crippen molar-refractivity contribution in [1.29, 1.82) is 0 Å². The molecule has 0 unspecified atom stereocenters. The van der Waals surface area contributed by atoms with E-state index in [9.17, 15) is 9.59 Å². The van der Waals surface area contributed by atoms with Crippen molar-refractivity contribution in [2.75, 3.05) is 14.2 Å². The molecular formula is C17H24N2O3. The minimum Gasteiger partial charge on any atom is -0.352 e. The molecule has 0 bridgehead atoms. The summed E-state index contributed by atoms with van der Waals surface area (Å²) in [4.78, 5) is 28.8. The molecule has 1 aromatic rings. The molecule has 0 radical (unpaired) electrons. The molecule has 0 heterocycles. The predicted molar refractivity (Wildman–Crippen MR) is 84.0 cm³/mol. The van der Waals surface area contributed by atoms with Gasteiger partial charge in [0.15, 0.2) is 0 Å². The van der Waals surface area contributed by atoms with Crippen LogP contribution in [-0.4, -0.2) is 31.0 Å². The summed E-state index contributed by atoms with van der Waals surface area (Å²) in [6, 6.07) is 7.22. The van der Waals surface area contributed by atoms with E-state index in [1.54, 1.807) is 19.2 Å². The third-order valence-corrected chi connectivity index (χ3v) is 4.20. The van der Waals surface area contributed by atoms with Crippen LogP contribution in [0.15, 0.2) is 24.3 Å². The number of hydroxylamine groups is 2. The highest BCUT2D eigenvalue weighted by atomic mass is 16.7. The van der Waals surface area contributed by atoms with Crippen LogP contribution >= 0.6 is 0 Å². The molecule has 1 saturated carbocycles. The second kappa shape index (κ2) is 7.94. The zero-order valence-corrected chi connectivity index (χ0v) is 13.3. The van der Waals surface area contributed by atoms with Gasteiger partial charge in [-0.1, -0.05) is 31.4 Å². The third kappa shape index (κ3) is 4.31. The fraction of sp³-hybridized carbons (Fsp3) is 0.529. The van der Waals surface area contributed by atoms with Crippen LogP contribution in [0.3, 0.4) is 0 Å². The first-order valence-electron chi connectivity index (χ1n) is 7.80. The summed E-state index contributed by atoms with van der Waals surface area (Å²) in [5.41, 5.74) is 1.55. The van der Waals surface area contributed by atoms with Gasteiger partial charge in [0.2, 0.25) is 5.91 Å². The van der Waals surface area contributed by atoms with Gasteiger partial charge in [0.05, 0.1) is 7.11 Å². The highest BCUT2D eigenvalue weighted by Crippen LogP contribution is 2.23. The summed E-state index contributed by atoms with van der Waals surface area (Å²) in [6.45, 7) is 0.504. The van der Waals surface area contributed by atoms with Gasteiger partial charge in [-0.2, -0.15) is 0 Å². The maximum Gasteiger partial charge on any atom is 0.277 e. The highest BCUT2D eigenvalue weighted by Gasteiger charge is 2.20. The second-order valence-corrected chi connectivity index (χ2v) is 5.73. The fourth-order valence-corrected chi connectivity index (χ4v) is 2.73. The van der Waals surface area contributed by atoms with Crippen LogP contribution in [0.1, 0.15) is 48.0 Å². The molecule has 2 amide bonds. The van der Waals surface area contributed by atoms with Gasteiger partial charge in [0, 0.05) is 25.1 Å². The zero-order valence-electron chi connectivity index (χ0n) is 13.3. The molecule has 1 aliphatic carbocycles. The molecule has 2 rings (SSSR count). The number of rotatable bonds is 5. The Kier molecular flexibility index (Phi) is 5.95. The van der Waals surface area contributed by atoms with E-state index in [-0.39, 0.29) is 17.7 Å². The summed E-state index contributed by atoms with van der Waals surface area (Å²) in [5.74, 6) is 0.129. The number of nitrogens with one attached hydrogen (secondary N) is 1. The van der Waals surface area contributed by atoms with Crippen LogP contribution in [0.5, 0.6) is 0 Å². The van der Waals surface area contributed by atoms with E-state index in [0.717, 1.165) is 31.2 Å². The monoisotopic (exact) mass is 304 g/mol. The Morgan fingerprint density at radius 1 is 1.18 bits per heavy atom. The summed E-state index contributed by atoms with van der Waals surface area (Å²) < 4.78 is 0. The van der Waals surface area contributed by atoms with Gasteiger partial charge in [-0.3, -0.25) is 14.4 Å². The van der Waals surface area contributed by atoms with Gasteiger partial charge in [0.25, 0.3) is 5.91 Å². The van der Waals surface area contributed by atoms with Crippen molar-refractivity contribution in [2.24, 2.45) is 5.92 Å². The first kappa shape index (κ1) is 16.5. The quantitative estimate of drug-likeness (QED) is 0.850. The Morgan fingerprint density at radius 2 is 1.82 bits per heavy atom. The van der Waals surface area contributed by atoms with E-state index >= 15 is 0 Å². The Morgan fingerprint density at radius 3 is 2.41 bits per heavy atom. The van der Waals surface area contributed by atoms with Crippen molar-refractivity contribution in [2.45, 2.75) is 38.6 Å². The number of hydrogen-bond donors (Lipinski definition) is 1. The molecule has 1 fully saturated rings. The number of amides is 2. The van der Waals surface area contributed by atoms with Crippen LogP contribution in [0.4, 0.5) is 0 Å². The smallest absolute Gasteiger partial charge is 0.277 e. The molecule has 22 heavy (non-hydrogen) atoms. The average molecular weight is 304 g/mol. The minimum absolute atomic E-state index is 0.152. The number of benzene rings is 1. The Hall–Kier alpha value is -1.88. The van der Waals surface area contributed by atoms with Crippen LogP contribution in [0.2, 0.25) is 0 Å². The van der Waals surface area contributed by atoms with Crippen LogP contribution < -0.4 is 5.32 Å². The first-order valence-corrected chi connectivity index (χ1v) is 7.80. The molecule has 120 valence electrons. The van der Waals surface area contributed by atoms with Crippen LogP contribution in [0.25, 0.3) is 0 Å². The lowest BCUT2D eigenvalue weighted by Crippen LogP contribution is -2.31. The number of hydrogen-bond acceptors (Lipinski definition) is 3. The maximum absolute atomic E-state index is 12.1. The van der Waals surface area contributed by atoms with E-state index in [2.05, 4.69) is 5.32 Å². The van der Waals surface area contributed by atoms with Gasteiger partial charge in [-0.05, 0) is 30.5 Å². The van der Waals surface area contributed by atoms with Gasteiger partial charge in [-0.25, -0.2) is 5.06 Å². The largest absolute Gasteiger partial charge is 0.352 e. The number of carbonyl (C=O) groups is 2. The van der Waals surface area contributed by atoms with E-state index in [4.69, 9.17) is 4.84 Å². The van der Waals surface area contributed by atoms with Crippen molar-refractivity contribution in [3.8, 4) is 0 Å². The number of nitrogens with zero attached hydrogens (tertiary/aromatic N) is 1. The first-order chi connectivity index (χ1) is 10.6. The molecule has 1 N–H and O–H groups in total. The van der Waals surface area contributed by atoms with E-state index < -0.39 is 0 Å². The topological polar surface area (TPSA) is 58.6 Å². The van der Waals surface area contributed by atoms with Crippen LogP contribution in [-0.2, 0) is 16.2 Å². The van der Waals surface area contributed by atoms with E-state index in [1.807, 2.05) is 12.1 Å². The van der Waals surface area contributed by atoms with Crippen molar-refractivity contribution < 1.29 is 14.4 Å². The Balaban J connectivity index is 1.86. The predicted octanol–water partition coefficient (Wildman–Crippen LogP) is 2.52. The normalized spacial score (nSPS) is 15.4. The molecular weight excluding hydrogens is 280 g/mol. The molecule has 0 aromatic heterocycles. The Bertz CT molecular complexity index is 507. The summed E-state index contributed by atoms with van der Waals surface area (Å²) in [5, 5.41) is 4.17. The lowest BCUT2D eigenvalue weighted by atomic mass is 9.88. The molecule has 0 atom stereocenters. The van der Waals surface area contributed by atoms with Gasteiger partial charge < -0.3 is 5.32 Å². The SMILES string of the molecule is CON(C)C(=O)c1ccc(CNC(=O)C2CCCCC2)cc1. The van der Waals surface area contributed by atoms with Crippen molar-refractivity contribution in [3.05, 3.63) is 35.4 Å². The van der Waals surface area contributed by atoms with E-state index in [1.165, 1.54) is 18.6 Å². The van der Waals surface area contributed by atoms with Crippen molar-refractivity contribution in [3.63, 3.8) is 0 Å². The lowest BCUT2D eigenvalue weighted by Gasteiger charge is -2.20. The van der Waals surface area contributed by atoms with Crippen LogP contribution in [0, 0.1) is 5.92 Å². The standard InChI is InChI=1S/C17H24N2O3/c1-19(22-2)17(21)15-10-8-13(9-11-15)12-18-16(20)14-6-4-3-5-7-14/h8-11,14H,3-7,12H2,1-2H3,(H,18,20). The molecule has 1 aromatic carbocycles. The zero-order chi connectivity index (χ0) is 15.9. The minimum atomic E-state index is -0.194. The Labute approximate surface area is 131 Å². The van der Waals surface area contributed by atoms with E-state index in [0.29, 0.717) is 12.1 Å². The molecule has 1 aliphatic rings. The summed E-state index contributed by atoms with van der Waals surface area (Å²) >= 11 is 0. The van der Waals surface area contributed by atoms with Crippen molar-refractivity contribution in [1.82, 2.24) is 10.4 Å². The fourth-order valence-electron chi connectivity index (χ4n) is 2.73. The molecule has 0 aliphatic heterocycles. The third-order valence-electron chi connectivity index (χ3n) is 4.20. The van der Waals surface area contributed by atoms with Crippen molar-refractivity contribution >= 4 is 11.8 Å². The van der Waals surface area contributed by atoms with Gasteiger partial charge in [-0.15, -0.1) is 0 Å². The summed E-state index contributed by atoms with van der Waals surface area (Å²) in [6.07, 6.45) is 5.56. The molecule has 5 nitrogen and oxygen atoms in total.